The van der Waals surface area contributed by atoms with E-state index in [1.807, 2.05) is 4.90 Å². The van der Waals surface area contributed by atoms with Crippen molar-refractivity contribution in [3.8, 4) is 0 Å². The van der Waals surface area contributed by atoms with Gasteiger partial charge in [-0.25, -0.2) is 9.18 Å². The molecule has 2 N–H and O–H groups in total. The van der Waals surface area contributed by atoms with Crippen LogP contribution in [0.5, 0.6) is 0 Å². The van der Waals surface area contributed by atoms with E-state index in [0.717, 1.165) is 31.0 Å². The largest absolute Gasteiger partial charge is 0.445 e. The summed E-state index contributed by atoms with van der Waals surface area (Å²) in [6.45, 7) is 0.876. The van der Waals surface area contributed by atoms with E-state index < -0.39 is 36.1 Å². The molecule has 0 spiro atoms. The average Bonchev–Trinajstić information content (AvgIpc) is 3.41. The van der Waals surface area contributed by atoms with E-state index in [2.05, 4.69) is 15.6 Å². The number of amides is 2. The van der Waals surface area contributed by atoms with Crippen LogP contribution in [0, 0.1) is 5.82 Å². The molecule has 0 unspecified atom stereocenters. The van der Waals surface area contributed by atoms with Crippen LogP contribution in [0.2, 0.25) is 0 Å². The van der Waals surface area contributed by atoms with Crippen LogP contribution in [0.1, 0.15) is 39.9 Å². The van der Waals surface area contributed by atoms with Gasteiger partial charge >= 0.3 is 12.3 Å². The Balaban J connectivity index is 1.46. The predicted molar refractivity (Wildman–Crippen MR) is 129 cm³/mol. The predicted octanol–water partition coefficient (Wildman–Crippen LogP) is 5.52. The molecule has 2 aromatic carbocycles. The molecule has 7 nitrogen and oxygen atoms in total. The van der Waals surface area contributed by atoms with Crippen molar-refractivity contribution in [2.75, 3.05) is 23.3 Å². The Bertz CT molecular complexity index is 1260. The Labute approximate surface area is 210 Å². The SMILES string of the molecule is O=C(NCc1ccc(NC(=O)c2cc(F)ccc2N2CCCC2)cc1C(F)(F)F)OCc1cccnc1. The van der Waals surface area contributed by atoms with Crippen molar-refractivity contribution in [1.29, 1.82) is 0 Å². The molecule has 0 bridgehead atoms. The molecule has 1 aliphatic heterocycles. The Morgan fingerprint density at radius 3 is 2.54 bits per heavy atom. The van der Waals surface area contributed by atoms with E-state index in [1.54, 1.807) is 18.3 Å². The van der Waals surface area contributed by atoms with Crippen LogP contribution in [-0.4, -0.2) is 30.1 Å². The minimum absolute atomic E-state index is 0.0394. The third kappa shape index (κ3) is 6.75. The lowest BCUT2D eigenvalue weighted by molar-refractivity contribution is -0.138. The second-order valence-electron chi connectivity index (χ2n) is 8.47. The highest BCUT2D eigenvalue weighted by Crippen LogP contribution is 2.34. The highest BCUT2D eigenvalue weighted by atomic mass is 19.4. The third-order valence-corrected chi connectivity index (χ3v) is 5.84. The minimum atomic E-state index is -4.75. The van der Waals surface area contributed by atoms with Gasteiger partial charge in [-0.05, 0) is 54.8 Å². The molecule has 0 radical (unpaired) electrons. The quantitative estimate of drug-likeness (QED) is 0.404. The second kappa shape index (κ2) is 11.3. The number of hydrogen-bond acceptors (Lipinski definition) is 5. The first-order valence-corrected chi connectivity index (χ1v) is 11.6. The number of halogens is 4. The second-order valence-corrected chi connectivity index (χ2v) is 8.47. The van der Waals surface area contributed by atoms with Gasteiger partial charge < -0.3 is 20.3 Å². The first-order chi connectivity index (χ1) is 17.7. The number of carbonyl (C=O) groups is 2. The number of alkyl carbamates (subject to hydrolysis) is 1. The zero-order chi connectivity index (χ0) is 26.4. The highest BCUT2D eigenvalue weighted by molar-refractivity contribution is 6.08. The number of rotatable bonds is 7. The normalized spacial score (nSPS) is 13.4. The van der Waals surface area contributed by atoms with Gasteiger partial charge in [-0.3, -0.25) is 9.78 Å². The number of ether oxygens (including phenoxy) is 1. The standard InChI is InChI=1S/C26H24F4N4O3/c27-19-6-8-23(34-10-1-2-11-34)21(12-19)24(35)33-20-7-5-18(22(13-20)26(28,29)30)15-32-25(36)37-16-17-4-3-9-31-14-17/h3-9,12-14H,1-2,10-11,15-16H2,(H,32,36)(H,33,35). The van der Waals surface area contributed by atoms with E-state index >= 15 is 0 Å². The number of nitrogens with zero attached hydrogens (tertiary/aromatic N) is 2. The summed E-state index contributed by atoms with van der Waals surface area (Å²) >= 11 is 0. The lowest BCUT2D eigenvalue weighted by atomic mass is 10.1. The van der Waals surface area contributed by atoms with Gasteiger partial charge in [0.1, 0.15) is 12.4 Å². The maximum atomic E-state index is 13.9. The molecule has 37 heavy (non-hydrogen) atoms. The number of aromatic nitrogens is 1. The molecule has 2 heterocycles. The highest BCUT2D eigenvalue weighted by Gasteiger charge is 2.34. The van der Waals surface area contributed by atoms with Crippen molar-refractivity contribution in [2.45, 2.75) is 32.2 Å². The monoisotopic (exact) mass is 516 g/mol. The van der Waals surface area contributed by atoms with Gasteiger partial charge in [-0.15, -0.1) is 0 Å². The smallest absolute Gasteiger partial charge is 0.416 e. The van der Waals surface area contributed by atoms with Crippen molar-refractivity contribution >= 4 is 23.4 Å². The molecule has 2 amide bonds. The van der Waals surface area contributed by atoms with Gasteiger partial charge in [0.15, 0.2) is 0 Å². The van der Waals surface area contributed by atoms with Gasteiger partial charge in [0.05, 0.1) is 11.1 Å². The Hall–Kier alpha value is -4.15. The molecule has 0 aliphatic carbocycles. The molecule has 1 aromatic heterocycles. The topological polar surface area (TPSA) is 83.6 Å². The fourth-order valence-electron chi connectivity index (χ4n) is 4.05. The van der Waals surface area contributed by atoms with Crippen LogP contribution >= 0.6 is 0 Å². The number of nitrogens with one attached hydrogen (secondary N) is 2. The summed E-state index contributed by atoms with van der Waals surface area (Å²) in [6, 6.07) is 10.4. The summed E-state index contributed by atoms with van der Waals surface area (Å²) < 4.78 is 60.3. The van der Waals surface area contributed by atoms with Crippen LogP contribution in [-0.2, 0) is 24.1 Å². The fourth-order valence-corrected chi connectivity index (χ4v) is 4.05. The maximum absolute atomic E-state index is 13.9. The lowest BCUT2D eigenvalue weighted by Crippen LogP contribution is -2.25. The molecule has 1 aliphatic rings. The molecular weight excluding hydrogens is 492 g/mol. The number of alkyl halides is 3. The molecule has 3 aromatic rings. The van der Waals surface area contributed by atoms with Crippen LogP contribution in [0.4, 0.5) is 33.7 Å². The molecule has 4 rings (SSSR count). The molecule has 194 valence electrons. The maximum Gasteiger partial charge on any atom is 0.416 e. The van der Waals surface area contributed by atoms with Crippen LogP contribution in [0.3, 0.4) is 0 Å². The van der Waals surface area contributed by atoms with E-state index in [-0.39, 0.29) is 23.4 Å². The van der Waals surface area contributed by atoms with Crippen molar-refractivity contribution in [3.05, 3.63) is 89.0 Å². The first kappa shape index (κ1) is 25.9. The lowest BCUT2D eigenvalue weighted by Gasteiger charge is -2.21. The molecule has 1 saturated heterocycles. The van der Waals surface area contributed by atoms with Gasteiger partial charge in [-0.1, -0.05) is 12.1 Å². The fraction of sp³-hybridized carbons (Fsp3) is 0.269. The number of carbonyl (C=O) groups excluding carboxylic acids is 2. The van der Waals surface area contributed by atoms with Gasteiger partial charge in [0.25, 0.3) is 5.91 Å². The zero-order valence-corrected chi connectivity index (χ0v) is 19.6. The summed E-state index contributed by atoms with van der Waals surface area (Å²) in [4.78, 5) is 30.7. The van der Waals surface area contributed by atoms with Gasteiger partial charge in [0.2, 0.25) is 0 Å². The molecule has 1 fully saturated rings. The first-order valence-electron chi connectivity index (χ1n) is 11.6. The van der Waals surface area contributed by atoms with Crippen molar-refractivity contribution in [1.82, 2.24) is 10.3 Å². The zero-order valence-electron chi connectivity index (χ0n) is 19.6. The minimum Gasteiger partial charge on any atom is -0.445 e. The van der Waals surface area contributed by atoms with Crippen LogP contribution in [0.25, 0.3) is 0 Å². The Morgan fingerprint density at radius 2 is 1.84 bits per heavy atom. The molecule has 11 heteroatoms. The van der Waals surface area contributed by atoms with Crippen LogP contribution < -0.4 is 15.5 Å². The number of hydrogen-bond donors (Lipinski definition) is 2. The average molecular weight is 516 g/mol. The molecule has 0 saturated carbocycles. The summed E-state index contributed by atoms with van der Waals surface area (Å²) in [6.07, 6.45) is -0.731. The third-order valence-electron chi connectivity index (χ3n) is 5.84. The van der Waals surface area contributed by atoms with E-state index in [0.29, 0.717) is 24.3 Å². The van der Waals surface area contributed by atoms with E-state index in [4.69, 9.17) is 4.74 Å². The van der Waals surface area contributed by atoms with Gasteiger partial charge in [-0.2, -0.15) is 13.2 Å². The van der Waals surface area contributed by atoms with Crippen LogP contribution in [0.15, 0.2) is 60.9 Å². The Morgan fingerprint density at radius 1 is 1.05 bits per heavy atom. The molecular formula is C26H24F4N4O3. The van der Waals surface area contributed by atoms with E-state index in [9.17, 15) is 27.2 Å². The Kier molecular flexibility index (Phi) is 7.90. The summed E-state index contributed by atoms with van der Waals surface area (Å²) in [5, 5.41) is 4.74. The van der Waals surface area contributed by atoms with E-state index in [1.165, 1.54) is 24.4 Å². The van der Waals surface area contributed by atoms with Crippen molar-refractivity contribution in [3.63, 3.8) is 0 Å². The van der Waals surface area contributed by atoms with Crippen molar-refractivity contribution in [2.24, 2.45) is 0 Å². The number of pyridine rings is 1. The summed E-state index contributed by atoms with van der Waals surface area (Å²) in [5.74, 6) is -1.35. The summed E-state index contributed by atoms with van der Waals surface area (Å²) in [5.41, 5.74) is -0.170. The van der Waals surface area contributed by atoms with Gasteiger partial charge in [0, 0.05) is 49.0 Å². The summed E-state index contributed by atoms with van der Waals surface area (Å²) in [7, 11) is 0. The molecule has 0 atom stereocenters. The number of benzene rings is 2. The number of anilines is 2. The van der Waals surface area contributed by atoms with Crippen molar-refractivity contribution < 1.29 is 31.9 Å².